The molecule has 8 heteroatoms. The molecule has 3 rings (SSSR count). The van der Waals surface area contributed by atoms with Gasteiger partial charge in [-0.05, 0) is 31.5 Å². The molecule has 2 atom stereocenters. The number of nitrogens with zero attached hydrogens (tertiary/aromatic N) is 1. The van der Waals surface area contributed by atoms with E-state index in [1.165, 1.54) is 18.9 Å². The van der Waals surface area contributed by atoms with Crippen LogP contribution in [-0.4, -0.2) is 51.7 Å². The molecule has 2 saturated heterocycles. The molecule has 0 aliphatic carbocycles. The van der Waals surface area contributed by atoms with Gasteiger partial charge < -0.3 is 14.9 Å². The Morgan fingerprint density at radius 1 is 1.43 bits per heavy atom. The van der Waals surface area contributed by atoms with Gasteiger partial charge in [-0.15, -0.1) is 0 Å². The highest BCUT2D eigenvalue weighted by Crippen LogP contribution is 2.22. The molecule has 1 aromatic heterocycles. The predicted octanol–water partition coefficient (Wildman–Crippen LogP) is -0.120. The highest BCUT2D eigenvalue weighted by Gasteiger charge is 2.32. The molecule has 0 spiro atoms. The summed E-state index contributed by atoms with van der Waals surface area (Å²) in [6.07, 6.45) is 2.26. The summed E-state index contributed by atoms with van der Waals surface area (Å²) in [6, 6.07) is 3.50. The molecule has 0 radical (unpaired) electrons. The summed E-state index contributed by atoms with van der Waals surface area (Å²) in [5.41, 5.74) is 5.41. The maximum atomic E-state index is 12.1. The number of rotatable bonds is 5. The zero-order valence-electron chi connectivity index (χ0n) is 11.8. The molecule has 1 aromatic rings. The number of furan rings is 1. The first-order valence-electron chi connectivity index (χ1n) is 7.22. The molecule has 3 heterocycles. The third-order valence-corrected chi connectivity index (χ3v) is 5.36. The molecular formula is C13H21N3O4S. The fourth-order valence-corrected chi connectivity index (χ4v) is 3.91. The third-order valence-electron chi connectivity index (χ3n) is 4.07. The molecule has 0 saturated carbocycles. The van der Waals surface area contributed by atoms with Crippen molar-refractivity contribution in [1.29, 1.82) is 0 Å². The fraction of sp³-hybridized carbons (Fsp3) is 0.692. The standard InChI is InChI=1S/C13H21N3O4S/c14-6-11-3-4-13(20-11)21(17,18)15-7-12-8-16-5-1-2-10(16)9-19-12/h3-4,10,12,15H,1-2,5-9,14H2. The van der Waals surface area contributed by atoms with Crippen LogP contribution in [0.15, 0.2) is 21.6 Å². The number of nitrogens with two attached hydrogens (primary N) is 1. The Kier molecular flexibility index (Phi) is 4.32. The lowest BCUT2D eigenvalue weighted by Gasteiger charge is -2.35. The van der Waals surface area contributed by atoms with E-state index >= 15 is 0 Å². The van der Waals surface area contributed by atoms with Crippen LogP contribution >= 0.6 is 0 Å². The Morgan fingerprint density at radius 2 is 2.29 bits per heavy atom. The minimum Gasteiger partial charge on any atom is -0.447 e. The van der Waals surface area contributed by atoms with Crippen molar-refractivity contribution in [3.05, 3.63) is 17.9 Å². The highest BCUT2D eigenvalue weighted by molar-refractivity contribution is 7.89. The van der Waals surface area contributed by atoms with Crippen molar-refractivity contribution in [2.24, 2.45) is 5.73 Å². The number of ether oxygens (including phenoxy) is 1. The monoisotopic (exact) mass is 315 g/mol. The van der Waals surface area contributed by atoms with Crippen LogP contribution in [-0.2, 0) is 21.3 Å². The van der Waals surface area contributed by atoms with Gasteiger partial charge in [0.2, 0.25) is 5.09 Å². The SMILES string of the molecule is NCc1ccc(S(=O)(=O)NCC2CN3CCCC3CO2)o1. The summed E-state index contributed by atoms with van der Waals surface area (Å²) in [4.78, 5) is 2.38. The van der Waals surface area contributed by atoms with Crippen molar-refractivity contribution < 1.29 is 17.6 Å². The van der Waals surface area contributed by atoms with Gasteiger partial charge in [-0.1, -0.05) is 0 Å². The molecule has 21 heavy (non-hydrogen) atoms. The van der Waals surface area contributed by atoms with Gasteiger partial charge in [-0.2, -0.15) is 0 Å². The summed E-state index contributed by atoms with van der Waals surface area (Å²) in [6.45, 7) is 2.97. The summed E-state index contributed by atoms with van der Waals surface area (Å²) in [5.74, 6) is 0.448. The summed E-state index contributed by atoms with van der Waals surface area (Å²) < 4.78 is 37.7. The summed E-state index contributed by atoms with van der Waals surface area (Å²) in [7, 11) is -3.64. The maximum Gasteiger partial charge on any atom is 0.274 e. The Bertz CT molecular complexity index is 586. The van der Waals surface area contributed by atoms with E-state index in [1.807, 2.05) is 0 Å². The van der Waals surface area contributed by atoms with Crippen LogP contribution < -0.4 is 10.5 Å². The lowest BCUT2D eigenvalue weighted by atomic mass is 10.2. The van der Waals surface area contributed by atoms with E-state index in [4.69, 9.17) is 14.9 Å². The van der Waals surface area contributed by atoms with Crippen molar-refractivity contribution in [3.63, 3.8) is 0 Å². The van der Waals surface area contributed by atoms with Crippen LogP contribution in [0.4, 0.5) is 0 Å². The molecule has 7 nitrogen and oxygen atoms in total. The van der Waals surface area contributed by atoms with Gasteiger partial charge in [0, 0.05) is 19.1 Å². The molecule has 0 amide bonds. The van der Waals surface area contributed by atoms with E-state index in [-0.39, 0.29) is 24.3 Å². The van der Waals surface area contributed by atoms with Crippen LogP contribution in [0.2, 0.25) is 0 Å². The number of sulfonamides is 1. The minimum atomic E-state index is -3.64. The minimum absolute atomic E-state index is 0.0993. The van der Waals surface area contributed by atoms with E-state index in [2.05, 4.69) is 9.62 Å². The Labute approximate surface area is 124 Å². The normalized spacial score (nSPS) is 26.9. The average molecular weight is 315 g/mol. The summed E-state index contributed by atoms with van der Waals surface area (Å²) in [5, 5.41) is -0.0993. The van der Waals surface area contributed by atoms with Gasteiger partial charge in [0.1, 0.15) is 5.76 Å². The fourth-order valence-electron chi connectivity index (χ4n) is 2.90. The lowest BCUT2D eigenvalue weighted by Crippen LogP contribution is -2.50. The molecule has 118 valence electrons. The Balaban J connectivity index is 1.56. The Morgan fingerprint density at radius 3 is 3.05 bits per heavy atom. The largest absolute Gasteiger partial charge is 0.447 e. The van der Waals surface area contributed by atoms with Crippen LogP contribution in [0.5, 0.6) is 0 Å². The number of hydrogen-bond acceptors (Lipinski definition) is 6. The van der Waals surface area contributed by atoms with Crippen LogP contribution in [0.1, 0.15) is 18.6 Å². The van der Waals surface area contributed by atoms with Crippen molar-refractivity contribution in [3.8, 4) is 0 Å². The molecule has 2 unspecified atom stereocenters. The van der Waals surface area contributed by atoms with E-state index in [1.54, 1.807) is 6.07 Å². The number of nitrogens with one attached hydrogen (secondary N) is 1. The first kappa shape index (κ1) is 15.0. The third kappa shape index (κ3) is 3.29. The van der Waals surface area contributed by atoms with E-state index < -0.39 is 10.0 Å². The number of hydrogen-bond donors (Lipinski definition) is 2. The van der Waals surface area contributed by atoms with Gasteiger partial charge in [0.25, 0.3) is 10.0 Å². The highest BCUT2D eigenvalue weighted by atomic mass is 32.2. The molecule has 0 aromatic carbocycles. The van der Waals surface area contributed by atoms with Gasteiger partial charge in [0.15, 0.2) is 0 Å². The van der Waals surface area contributed by atoms with Crippen molar-refractivity contribution in [2.45, 2.75) is 36.6 Å². The second kappa shape index (κ2) is 6.05. The van der Waals surface area contributed by atoms with Crippen LogP contribution in [0.3, 0.4) is 0 Å². The second-order valence-corrected chi connectivity index (χ2v) is 7.22. The maximum absolute atomic E-state index is 12.1. The molecule has 3 N–H and O–H groups in total. The second-order valence-electron chi connectivity index (χ2n) is 5.52. The molecule has 0 bridgehead atoms. The van der Waals surface area contributed by atoms with E-state index in [9.17, 15) is 8.42 Å². The quantitative estimate of drug-likeness (QED) is 0.786. The molecule has 2 aliphatic heterocycles. The van der Waals surface area contributed by atoms with Crippen molar-refractivity contribution in [2.75, 3.05) is 26.2 Å². The molecular weight excluding hydrogens is 294 g/mol. The molecule has 2 aliphatic rings. The van der Waals surface area contributed by atoms with E-state index in [0.717, 1.165) is 13.1 Å². The van der Waals surface area contributed by atoms with Crippen LogP contribution in [0.25, 0.3) is 0 Å². The number of fused-ring (bicyclic) bond motifs is 1. The smallest absolute Gasteiger partial charge is 0.274 e. The number of morpholine rings is 1. The predicted molar refractivity (Wildman–Crippen MR) is 76.1 cm³/mol. The van der Waals surface area contributed by atoms with Gasteiger partial charge >= 0.3 is 0 Å². The topological polar surface area (TPSA) is 97.8 Å². The van der Waals surface area contributed by atoms with Crippen LogP contribution in [0, 0.1) is 0 Å². The van der Waals surface area contributed by atoms with Crippen molar-refractivity contribution in [1.82, 2.24) is 9.62 Å². The van der Waals surface area contributed by atoms with E-state index in [0.29, 0.717) is 18.4 Å². The zero-order chi connectivity index (χ0) is 14.9. The summed E-state index contributed by atoms with van der Waals surface area (Å²) >= 11 is 0. The van der Waals surface area contributed by atoms with Gasteiger partial charge in [-0.3, -0.25) is 4.90 Å². The van der Waals surface area contributed by atoms with Crippen molar-refractivity contribution >= 4 is 10.0 Å². The Hall–Kier alpha value is -0.930. The average Bonchev–Trinajstić information content (AvgIpc) is 3.13. The molecule has 2 fully saturated rings. The first-order valence-corrected chi connectivity index (χ1v) is 8.71. The lowest BCUT2D eigenvalue weighted by molar-refractivity contribution is -0.0449. The van der Waals surface area contributed by atoms with Gasteiger partial charge in [0.05, 0.1) is 19.3 Å². The van der Waals surface area contributed by atoms with Gasteiger partial charge in [-0.25, -0.2) is 13.1 Å². The zero-order valence-corrected chi connectivity index (χ0v) is 12.6. The first-order chi connectivity index (χ1) is 10.1.